The van der Waals surface area contributed by atoms with Crippen molar-refractivity contribution in [1.29, 1.82) is 5.26 Å². The molecule has 1 aliphatic rings. The molecule has 0 radical (unpaired) electrons. The number of hydrogen-bond donors (Lipinski definition) is 0. The average molecular weight is 235 g/mol. The molecule has 4 heteroatoms. The number of Topliss-reactive ketones (excluding diaryl/α,β-unsaturated/α-hetero) is 1. The third-order valence-electron chi connectivity index (χ3n) is 2.86. The molecule has 1 unspecified atom stereocenters. The van der Waals surface area contributed by atoms with Crippen LogP contribution in [-0.4, -0.2) is 19.0 Å². The van der Waals surface area contributed by atoms with E-state index in [2.05, 4.69) is 6.07 Å². The SMILES string of the molecule is N#CC(C(=O)C1CCOCC1)c1cccs1. The van der Waals surface area contributed by atoms with E-state index in [9.17, 15) is 4.79 Å². The maximum absolute atomic E-state index is 12.2. The van der Waals surface area contributed by atoms with Crippen LogP contribution in [0.2, 0.25) is 0 Å². The van der Waals surface area contributed by atoms with Crippen molar-refractivity contribution in [3.63, 3.8) is 0 Å². The van der Waals surface area contributed by atoms with Crippen LogP contribution >= 0.6 is 11.3 Å². The first-order chi connectivity index (χ1) is 7.83. The van der Waals surface area contributed by atoms with E-state index in [1.165, 1.54) is 11.3 Å². The molecule has 16 heavy (non-hydrogen) atoms. The molecule has 0 N–H and O–H groups in total. The predicted octanol–water partition coefficient (Wildman–Crippen LogP) is 2.35. The number of nitrogens with zero attached hydrogens (tertiary/aromatic N) is 1. The second kappa shape index (κ2) is 5.24. The van der Waals surface area contributed by atoms with E-state index < -0.39 is 5.92 Å². The zero-order valence-corrected chi connectivity index (χ0v) is 9.70. The highest BCUT2D eigenvalue weighted by molar-refractivity contribution is 7.10. The van der Waals surface area contributed by atoms with Crippen molar-refractivity contribution in [2.75, 3.05) is 13.2 Å². The number of ether oxygens (including phenoxy) is 1. The molecular formula is C12H13NO2S. The lowest BCUT2D eigenvalue weighted by molar-refractivity contribution is -0.125. The van der Waals surface area contributed by atoms with Crippen molar-refractivity contribution in [3.05, 3.63) is 22.4 Å². The number of carbonyl (C=O) groups excluding carboxylic acids is 1. The quantitative estimate of drug-likeness (QED) is 0.808. The monoisotopic (exact) mass is 235 g/mol. The van der Waals surface area contributed by atoms with Crippen LogP contribution in [0.1, 0.15) is 23.6 Å². The molecule has 0 aliphatic carbocycles. The van der Waals surface area contributed by atoms with Gasteiger partial charge in [-0.25, -0.2) is 0 Å². The third-order valence-corrected chi connectivity index (χ3v) is 3.80. The Balaban J connectivity index is 2.10. The van der Waals surface area contributed by atoms with E-state index in [0.717, 1.165) is 17.7 Å². The Morgan fingerprint density at radius 2 is 2.31 bits per heavy atom. The van der Waals surface area contributed by atoms with E-state index >= 15 is 0 Å². The van der Waals surface area contributed by atoms with E-state index in [1.54, 1.807) is 0 Å². The molecule has 1 atom stereocenters. The van der Waals surface area contributed by atoms with Crippen molar-refractivity contribution in [1.82, 2.24) is 0 Å². The van der Waals surface area contributed by atoms with Gasteiger partial charge in [-0.2, -0.15) is 5.26 Å². The van der Waals surface area contributed by atoms with Gasteiger partial charge in [0.05, 0.1) is 6.07 Å². The molecule has 1 fully saturated rings. The summed E-state index contributed by atoms with van der Waals surface area (Å²) >= 11 is 1.47. The minimum Gasteiger partial charge on any atom is -0.381 e. The van der Waals surface area contributed by atoms with Crippen LogP contribution in [0, 0.1) is 17.2 Å². The maximum Gasteiger partial charge on any atom is 0.158 e. The minimum absolute atomic E-state index is 0.000463. The topological polar surface area (TPSA) is 50.1 Å². The Bertz CT molecular complexity index is 388. The van der Waals surface area contributed by atoms with Crippen LogP contribution in [0.15, 0.2) is 17.5 Å². The molecule has 2 rings (SSSR count). The van der Waals surface area contributed by atoms with Gasteiger partial charge in [0.15, 0.2) is 5.78 Å². The normalized spacial score (nSPS) is 18.9. The highest BCUT2D eigenvalue weighted by atomic mass is 32.1. The van der Waals surface area contributed by atoms with Crippen LogP contribution in [0.25, 0.3) is 0 Å². The summed E-state index contributed by atoms with van der Waals surface area (Å²) < 4.78 is 5.22. The summed E-state index contributed by atoms with van der Waals surface area (Å²) in [6.07, 6.45) is 1.50. The van der Waals surface area contributed by atoms with Crippen molar-refractivity contribution in [2.45, 2.75) is 18.8 Å². The molecule has 1 aromatic heterocycles. The first kappa shape index (κ1) is 11.3. The van der Waals surface area contributed by atoms with Crippen molar-refractivity contribution >= 4 is 17.1 Å². The van der Waals surface area contributed by atoms with Crippen LogP contribution in [0.4, 0.5) is 0 Å². The minimum atomic E-state index is -0.580. The largest absolute Gasteiger partial charge is 0.381 e. The van der Waals surface area contributed by atoms with Crippen LogP contribution < -0.4 is 0 Å². The standard InChI is InChI=1S/C12H13NO2S/c13-8-10(11-2-1-7-16-11)12(14)9-3-5-15-6-4-9/h1-2,7,9-10H,3-6H2. The summed E-state index contributed by atoms with van der Waals surface area (Å²) in [5.74, 6) is -0.517. The molecule has 1 saturated heterocycles. The van der Waals surface area contributed by atoms with Gasteiger partial charge in [-0.1, -0.05) is 6.07 Å². The Hall–Kier alpha value is -1.18. The Morgan fingerprint density at radius 1 is 1.56 bits per heavy atom. The fourth-order valence-corrected chi connectivity index (χ4v) is 2.72. The zero-order valence-electron chi connectivity index (χ0n) is 8.89. The fourth-order valence-electron chi connectivity index (χ4n) is 1.94. The molecule has 84 valence electrons. The van der Waals surface area contributed by atoms with Gasteiger partial charge in [-0.3, -0.25) is 4.79 Å². The Kier molecular flexibility index (Phi) is 3.70. The number of thiophene rings is 1. The zero-order chi connectivity index (χ0) is 11.4. The molecule has 0 bridgehead atoms. The van der Waals surface area contributed by atoms with Crippen LogP contribution in [0.5, 0.6) is 0 Å². The predicted molar refractivity (Wildman–Crippen MR) is 61.2 cm³/mol. The number of nitriles is 1. The number of rotatable bonds is 3. The average Bonchev–Trinajstić information content (AvgIpc) is 2.85. The lowest BCUT2D eigenvalue weighted by Gasteiger charge is -2.22. The molecular weight excluding hydrogens is 222 g/mol. The van der Waals surface area contributed by atoms with E-state index in [1.807, 2.05) is 17.5 Å². The van der Waals surface area contributed by atoms with Gasteiger partial charge >= 0.3 is 0 Å². The van der Waals surface area contributed by atoms with Gasteiger partial charge in [-0.05, 0) is 24.3 Å². The highest BCUT2D eigenvalue weighted by Crippen LogP contribution is 2.28. The summed E-state index contributed by atoms with van der Waals surface area (Å²) in [5, 5.41) is 11.0. The summed E-state index contributed by atoms with van der Waals surface area (Å²) in [6, 6.07) is 5.86. The fraction of sp³-hybridized carbons (Fsp3) is 0.500. The second-order valence-electron chi connectivity index (χ2n) is 3.87. The number of ketones is 1. The van der Waals surface area contributed by atoms with Crippen LogP contribution in [-0.2, 0) is 9.53 Å². The second-order valence-corrected chi connectivity index (χ2v) is 4.85. The van der Waals surface area contributed by atoms with Crippen molar-refractivity contribution in [3.8, 4) is 6.07 Å². The molecule has 0 saturated carbocycles. The number of hydrogen-bond acceptors (Lipinski definition) is 4. The summed E-state index contributed by atoms with van der Waals surface area (Å²) in [5.41, 5.74) is 0. The molecule has 3 nitrogen and oxygen atoms in total. The van der Waals surface area contributed by atoms with E-state index in [4.69, 9.17) is 10.00 Å². The van der Waals surface area contributed by atoms with Gasteiger partial charge in [0.1, 0.15) is 5.92 Å². The Morgan fingerprint density at radius 3 is 2.88 bits per heavy atom. The third kappa shape index (κ3) is 2.31. The highest BCUT2D eigenvalue weighted by Gasteiger charge is 2.29. The molecule has 1 aromatic rings. The van der Waals surface area contributed by atoms with Gasteiger partial charge < -0.3 is 4.74 Å². The summed E-state index contributed by atoms with van der Waals surface area (Å²) in [4.78, 5) is 13.0. The molecule has 0 spiro atoms. The van der Waals surface area contributed by atoms with Crippen molar-refractivity contribution < 1.29 is 9.53 Å². The van der Waals surface area contributed by atoms with E-state index in [-0.39, 0.29) is 11.7 Å². The molecule has 2 heterocycles. The summed E-state index contributed by atoms with van der Waals surface area (Å²) in [7, 11) is 0. The van der Waals surface area contributed by atoms with Gasteiger partial charge in [0, 0.05) is 24.0 Å². The first-order valence-electron chi connectivity index (χ1n) is 5.37. The van der Waals surface area contributed by atoms with Gasteiger partial charge in [-0.15, -0.1) is 11.3 Å². The molecule has 1 aliphatic heterocycles. The lowest BCUT2D eigenvalue weighted by atomic mass is 9.87. The maximum atomic E-state index is 12.2. The van der Waals surface area contributed by atoms with Crippen LogP contribution in [0.3, 0.4) is 0 Å². The van der Waals surface area contributed by atoms with Gasteiger partial charge in [0.25, 0.3) is 0 Å². The Labute approximate surface area is 98.7 Å². The lowest BCUT2D eigenvalue weighted by Crippen LogP contribution is -2.27. The summed E-state index contributed by atoms with van der Waals surface area (Å²) in [6.45, 7) is 1.28. The van der Waals surface area contributed by atoms with E-state index in [0.29, 0.717) is 13.2 Å². The number of carbonyl (C=O) groups is 1. The van der Waals surface area contributed by atoms with Gasteiger partial charge in [0.2, 0.25) is 0 Å². The van der Waals surface area contributed by atoms with Crippen molar-refractivity contribution in [2.24, 2.45) is 5.92 Å². The molecule has 0 aromatic carbocycles. The smallest absolute Gasteiger partial charge is 0.158 e. The first-order valence-corrected chi connectivity index (χ1v) is 6.25. The molecule has 0 amide bonds.